The van der Waals surface area contributed by atoms with Gasteiger partial charge >= 0.3 is 0 Å². The minimum absolute atomic E-state index is 0.123. The topological polar surface area (TPSA) is 12.0 Å². The predicted molar refractivity (Wildman–Crippen MR) is 70.8 cm³/mol. The summed E-state index contributed by atoms with van der Waals surface area (Å²) < 4.78 is 13.7. The molecule has 17 heavy (non-hydrogen) atoms. The molecule has 1 aliphatic carbocycles. The first-order valence-corrected chi connectivity index (χ1v) is 6.68. The maximum absolute atomic E-state index is 13.7. The van der Waals surface area contributed by atoms with Gasteiger partial charge in [0.25, 0.3) is 0 Å². The maximum atomic E-state index is 13.7. The molecule has 1 saturated carbocycles. The van der Waals surface area contributed by atoms with Crippen LogP contribution in [0.4, 0.5) is 10.1 Å². The van der Waals surface area contributed by atoms with Crippen molar-refractivity contribution in [2.75, 3.05) is 5.32 Å². The second-order valence-corrected chi connectivity index (χ2v) is 5.39. The second kappa shape index (κ2) is 5.52. The number of hydrogen-bond donors (Lipinski definition) is 1. The van der Waals surface area contributed by atoms with Crippen LogP contribution in [-0.2, 0) is 0 Å². The Morgan fingerprint density at radius 1 is 1.18 bits per heavy atom. The molecule has 0 aliphatic heterocycles. The molecule has 1 aromatic rings. The first kappa shape index (κ1) is 12.4. The molecule has 0 radical (unpaired) electrons. The summed E-state index contributed by atoms with van der Waals surface area (Å²) in [5.41, 5.74) is 1.70. The average Bonchev–Trinajstić information content (AvgIpc) is 2.49. The predicted octanol–water partition coefficient (Wildman–Crippen LogP) is 4.51. The molecule has 1 nitrogen and oxygen atoms in total. The highest BCUT2D eigenvalue weighted by atomic mass is 19.1. The lowest BCUT2D eigenvalue weighted by atomic mass is 10.0. The highest BCUT2D eigenvalue weighted by molar-refractivity contribution is 5.52. The number of halogens is 1. The number of nitrogens with one attached hydrogen (secondary N) is 1. The van der Waals surface area contributed by atoms with Crippen LogP contribution in [0.5, 0.6) is 0 Å². The number of para-hydroxylation sites is 1. The summed E-state index contributed by atoms with van der Waals surface area (Å²) in [7, 11) is 0. The van der Waals surface area contributed by atoms with E-state index in [1.54, 1.807) is 6.07 Å². The van der Waals surface area contributed by atoms with Gasteiger partial charge in [-0.2, -0.15) is 0 Å². The summed E-state index contributed by atoms with van der Waals surface area (Å²) in [6.07, 6.45) is 6.15. The highest BCUT2D eigenvalue weighted by Crippen LogP contribution is 2.27. The van der Waals surface area contributed by atoms with Crippen LogP contribution in [0.1, 0.15) is 44.6 Å². The van der Waals surface area contributed by atoms with Crippen LogP contribution in [0.2, 0.25) is 0 Å². The molecule has 0 heterocycles. The van der Waals surface area contributed by atoms with Gasteiger partial charge in [-0.05, 0) is 43.7 Å². The Balaban J connectivity index is 2.05. The zero-order chi connectivity index (χ0) is 12.3. The fourth-order valence-electron chi connectivity index (χ4n) is 2.65. The van der Waals surface area contributed by atoms with Gasteiger partial charge in [0.15, 0.2) is 0 Å². The lowest BCUT2D eigenvalue weighted by molar-refractivity contribution is 0.501. The van der Waals surface area contributed by atoms with E-state index in [4.69, 9.17) is 0 Å². The van der Waals surface area contributed by atoms with Crippen molar-refractivity contribution < 1.29 is 4.39 Å². The molecule has 0 spiro atoms. The van der Waals surface area contributed by atoms with Gasteiger partial charge in [-0.15, -0.1) is 0 Å². The normalized spacial score (nSPS) is 25.4. The molecule has 0 saturated heterocycles. The average molecular weight is 235 g/mol. The standard InChI is InChI=1S/C15H22FN/c1-11-5-3-7-13(10-9-11)17-15-12(2)6-4-8-14(15)16/h4,6,8,11,13,17H,3,5,7,9-10H2,1-2H3. The van der Waals surface area contributed by atoms with E-state index in [1.807, 2.05) is 13.0 Å². The summed E-state index contributed by atoms with van der Waals surface area (Å²) >= 11 is 0. The molecule has 2 rings (SSSR count). The second-order valence-electron chi connectivity index (χ2n) is 5.39. The van der Waals surface area contributed by atoms with Crippen LogP contribution in [0, 0.1) is 18.7 Å². The first-order chi connectivity index (χ1) is 8.16. The van der Waals surface area contributed by atoms with Gasteiger partial charge in [-0.25, -0.2) is 4.39 Å². The lowest BCUT2D eigenvalue weighted by Crippen LogP contribution is -2.19. The van der Waals surface area contributed by atoms with Gasteiger partial charge in [0, 0.05) is 6.04 Å². The molecular formula is C15H22FN. The minimum atomic E-state index is -0.123. The van der Waals surface area contributed by atoms with E-state index in [9.17, 15) is 4.39 Å². The Morgan fingerprint density at radius 3 is 2.76 bits per heavy atom. The van der Waals surface area contributed by atoms with Crippen molar-refractivity contribution in [3.05, 3.63) is 29.6 Å². The summed E-state index contributed by atoms with van der Waals surface area (Å²) in [6.45, 7) is 4.28. The van der Waals surface area contributed by atoms with Crippen molar-refractivity contribution in [2.45, 2.75) is 52.0 Å². The van der Waals surface area contributed by atoms with E-state index in [0.29, 0.717) is 11.7 Å². The van der Waals surface area contributed by atoms with E-state index in [1.165, 1.54) is 25.3 Å². The van der Waals surface area contributed by atoms with Crippen molar-refractivity contribution in [3.63, 3.8) is 0 Å². The lowest BCUT2D eigenvalue weighted by Gasteiger charge is -2.19. The largest absolute Gasteiger partial charge is 0.380 e. The van der Waals surface area contributed by atoms with Crippen molar-refractivity contribution in [1.82, 2.24) is 0 Å². The Bertz CT molecular complexity index is 355. The molecule has 1 aliphatic rings. The molecular weight excluding hydrogens is 213 g/mol. The van der Waals surface area contributed by atoms with Gasteiger partial charge in [-0.1, -0.05) is 31.9 Å². The molecule has 1 fully saturated rings. The molecule has 0 bridgehead atoms. The van der Waals surface area contributed by atoms with Crippen LogP contribution in [0.25, 0.3) is 0 Å². The van der Waals surface area contributed by atoms with Crippen LogP contribution >= 0.6 is 0 Å². The third-order valence-electron chi connectivity index (χ3n) is 3.83. The van der Waals surface area contributed by atoms with Gasteiger partial charge in [0.1, 0.15) is 5.82 Å². The fraction of sp³-hybridized carbons (Fsp3) is 0.600. The van der Waals surface area contributed by atoms with Crippen LogP contribution in [0.15, 0.2) is 18.2 Å². The SMILES string of the molecule is Cc1cccc(F)c1NC1CCCC(C)CC1. The van der Waals surface area contributed by atoms with Crippen molar-refractivity contribution in [2.24, 2.45) is 5.92 Å². The number of anilines is 1. The van der Waals surface area contributed by atoms with E-state index in [0.717, 1.165) is 24.3 Å². The molecule has 2 atom stereocenters. The van der Waals surface area contributed by atoms with Crippen LogP contribution in [0.3, 0.4) is 0 Å². The summed E-state index contributed by atoms with van der Waals surface area (Å²) in [5, 5.41) is 3.40. The number of aryl methyl sites for hydroxylation is 1. The van der Waals surface area contributed by atoms with Crippen molar-refractivity contribution in [1.29, 1.82) is 0 Å². The molecule has 94 valence electrons. The fourth-order valence-corrected chi connectivity index (χ4v) is 2.65. The van der Waals surface area contributed by atoms with Gasteiger partial charge in [0.2, 0.25) is 0 Å². The number of benzene rings is 1. The van der Waals surface area contributed by atoms with E-state index in [-0.39, 0.29) is 5.82 Å². The third kappa shape index (κ3) is 3.21. The molecule has 2 unspecified atom stereocenters. The zero-order valence-electron chi connectivity index (χ0n) is 10.8. The van der Waals surface area contributed by atoms with Gasteiger partial charge in [0.05, 0.1) is 5.69 Å². The Labute approximate surface area is 103 Å². The van der Waals surface area contributed by atoms with Crippen molar-refractivity contribution in [3.8, 4) is 0 Å². The molecule has 2 heteroatoms. The minimum Gasteiger partial charge on any atom is -0.380 e. The summed E-state index contributed by atoms with van der Waals surface area (Å²) in [6, 6.07) is 5.71. The highest BCUT2D eigenvalue weighted by Gasteiger charge is 2.17. The van der Waals surface area contributed by atoms with Crippen LogP contribution < -0.4 is 5.32 Å². The summed E-state index contributed by atoms with van der Waals surface area (Å²) in [4.78, 5) is 0. The quantitative estimate of drug-likeness (QED) is 0.743. The Morgan fingerprint density at radius 2 is 2.00 bits per heavy atom. The van der Waals surface area contributed by atoms with E-state index >= 15 is 0 Å². The summed E-state index contributed by atoms with van der Waals surface area (Å²) in [5.74, 6) is 0.700. The first-order valence-electron chi connectivity index (χ1n) is 6.68. The smallest absolute Gasteiger partial charge is 0.146 e. The van der Waals surface area contributed by atoms with E-state index < -0.39 is 0 Å². The molecule has 0 amide bonds. The Kier molecular flexibility index (Phi) is 4.03. The van der Waals surface area contributed by atoms with Gasteiger partial charge in [-0.3, -0.25) is 0 Å². The maximum Gasteiger partial charge on any atom is 0.146 e. The van der Waals surface area contributed by atoms with Gasteiger partial charge < -0.3 is 5.32 Å². The third-order valence-corrected chi connectivity index (χ3v) is 3.83. The zero-order valence-corrected chi connectivity index (χ0v) is 10.8. The Hall–Kier alpha value is -1.05. The monoisotopic (exact) mass is 235 g/mol. The van der Waals surface area contributed by atoms with Crippen LogP contribution in [-0.4, -0.2) is 6.04 Å². The van der Waals surface area contributed by atoms with Crippen molar-refractivity contribution >= 4 is 5.69 Å². The molecule has 1 aromatic carbocycles. The number of rotatable bonds is 2. The molecule has 0 aromatic heterocycles. The molecule has 1 N–H and O–H groups in total. The van der Waals surface area contributed by atoms with E-state index in [2.05, 4.69) is 12.2 Å². The number of hydrogen-bond acceptors (Lipinski definition) is 1.